The van der Waals surface area contributed by atoms with Gasteiger partial charge in [0.05, 0.1) is 23.1 Å². The van der Waals surface area contributed by atoms with Crippen molar-refractivity contribution in [3.05, 3.63) is 28.9 Å². The van der Waals surface area contributed by atoms with Gasteiger partial charge in [-0.25, -0.2) is 0 Å². The third-order valence-corrected chi connectivity index (χ3v) is 4.67. The van der Waals surface area contributed by atoms with Gasteiger partial charge in [-0.15, -0.1) is 0 Å². The van der Waals surface area contributed by atoms with Crippen LogP contribution in [-0.4, -0.2) is 11.0 Å². The van der Waals surface area contributed by atoms with Gasteiger partial charge >= 0.3 is 0 Å². The Morgan fingerprint density at radius 1 is 1.40 bits per heavy atom. The van der Waals surface area contributed by atoms with Gasteiger partial charge in [-0.3, -0.25) is 4.98 Å². The molecule has 1 unspecified atom stereocenters. The zero-order chi connectivity index (χ0) is 14.3. The van der Waals surface area contributed by atoms with Gasteiger partial charge in [0.25, 0.3) is 0 Å². The Morgan fingerprint density at radius 3 is 2.90 bits per heavy atom. The van der Waals surface area contributed by atoms with Crippen molar-refractivity contribution in [3.8, 4) is 0 Å². The fourth-order valence-electron chi connectivity index (χ4n) is 3.10. The normalized spacial score (nSPS) is 21.2. The first kappa shape index (κ1) is 13.7. The molecule has 1 atom stereocenters. The second-order valence-corrected chi connectivity index (χ2v) is 7.41. The van der Waals surface area contributed by atoms with Crippen molar-refractivity contribution in [2.45, 2.75) is 39.2 Å². The summed E-state index contributed by atoms with van der Waals surface area (Å²) in [5, 5.41) is 4.74. The van der Waals surface area contributed by atoms with E-state index >= 15 is 0 Å². The zero-order valence-corrected chi connectivity index (χ0v) is 13.5. The van der Waals surface area contributed by atoms with Gasteiger partial charge in [0.15, 0.2) is 0 Å². The molecule has 1 aliphatic rings. The molecule has 0 spiro atoms. The first-order chi connectivity index (χ1) is 9.44. The molecule has 106 valence electrons. The first-order valence-electron chi connectivity index (χ1n) is 7.05. The van der Waals surface area contributed by atoms with Gasteiger partial charge in [-0.1, -0.05) is 29.8 Å². The standard InChI is InChI=1S/C16H20BrN3/c1-16(2)6-5-11(8-16)20-15-12-7-10(17)3-4-14(12)19-9-13(15)18/h3-4,7,9,11H,5-6,8,18H2,1-2H3,(H,19,20). The largest absolute Gasteiger partial charge is 0.396 e. The predicted molar refractivity (Wildman–Crippen MR) is 88.9 cm³/mol. The molecular formula is C16H20BrN3. The lowest BCUT2D eigenvalue weighted by Gasteiger charge is -2.20. The van der Waals surface area contributed by atoms with Gasteiger partial charge < -0.3 is 11.1 Å². The summed E-state index contributed by atoms with van der Waals surface area (Å²) in [6.07, 6.45) is 5.39. The molecule has 1 aliphatic carbocycles. The third-order valence-electron chi connectivity index (χ3n) is 4.18. The minimum absolute atomic E-state index is 0.426. The Kier molecular flexibility index (Phi) is 3.36. The van der Waals surface area contributed by atoms with Gasteiger partial charge in [0, 0.05) is 15.9 Å². The molecule has 20 heavy (non-hydrogen) atoms. The predicted octanol–water partition coefficient (Wildman–Crippen LogP) is 4.57. The minimum Gasteiger partial charge on any atom is -0.396 e. The van der Waals surface area contributed by atoms with E-state index in [1.54, 1.807) is 6.20 Å². The Balaban J connectivity index is 1.98. The molecule has 0 radical (unpaired) electrons. The second kappa shape index (κ2) is 4.92. The second-order valence-electron chi connectivity index (χ2n) is 6.50. The summed E-state index contributed by atoms with van der Waals surface area (Å²) in [6.45, 7) is 4.67. The van der Waals surface area contributed by atoms with E-state index in [4.69, 9.17) is 5.73 Å². The van der Waals surface area contributed by atoms with Crippen LogP contribution in [0.5, 0.6) is 0 Å². The molecule has 1 fully saturated rings. The highest BCUT2D eigenvalue weighted by atomic mass is 79.9. The Labute approximate surface area is 128 Å². The van der Waals surface area contributed by atoms with Crippen LogP contribution in [0.25, 0.3) is 10.9 Å². The SMILES string of the molecule is CC1(C)CCC(Nc2c(N)cnc3ccc(Br)cc23)C1. The molecule has 3 rings (SSSR count). The molecule has 1 aromatic carbocycles. The van der Waals surface area contributed by atoms with E-state index in [1.807, 2.05) is 12.1 Å². The van der Waals surface area contributed by atoms with E-state index in [0.29, 0.717) is 11.5 Å². The molecule has 4 heteroatoms. The molecule has 0 saturated heterocycles. The van der Waals surface area contributed by atoms with Crippen molar-refractivity contribution in [2.24, 2.45) is 5.41 Å². The van der Waals surface area contributed by atoms with Crippen LogP contribution in [0, 0.1) is 5.41 Å². The van der Waals surface area contributed by atoms with Crippen LogP contribution in [0.2, 0.25) is 0 Å². The fraction of sp³-hybridized carbons (Fsp3) is 0.438. The number of halogens is 1. The Bertz CT molecular complexity index is 646. The van der Waals surface area contributed by atoms with Crippen molar-refractivity contribution in [1.29, 1.82) is 0 Å². The Morgan fingerprint density at radius 2 is 2.20 bits per heavy atom. The highest BCUT2D eigenvalue weighted by Crippen LogP contribution is 2.40. The summed E-state index contributed by atoms with van der Waals surface area (Å²) in [6, 6.07) is 6.61. The van der Waals surface area contributed by atoms with Crippen LogP contribution < -0.4 is 11.1 Å². The maximum atomic E-state index is 6.14. The Hall–Kier alpha value is -1.29. The number of nitrogens with two attached hydrogens (primary N) is 1. The lowest BCUT2D eigenvalue weighted by Crippen LogP contribution is -2.18. The molecular weight excluding hydrogens is 314 g/mol. The molecule has 1 saturated carbocycles. The van der Waals surface area contributed by atoms with Crippen LogP contribution in [0.4, 0.5) is 11.4 Å². The number of hydrogen-bond donors (Lipinski definition) is 2. The molecule has 1 heterocycles. The van der Waals surface area contributed by atoms with Gasteiger partial charge in [0.1, 0.15) is 0 Å². The summed E-state index contributed by atoms with van der Waals surface area (Å²) < 4.78 is 1.05. The molecule has 3 nitrogen and oxygen atoms in total. The zero-order valence-electron chi connectivity index (χ0n) is 11.9. The molecule has 0 amide bonds. The number of rotatable bonds is 2. The minimum atomic E-state index is 0.426. The smallest absolute Gasteiger partial charge is 0.0743 e. The first-order valence-corrected chi connectivity index (χ1v) is 7.84. The van der Waals surface area contributed by atoms with E-state index in [-0.39, 0.29) is 0 Å². The summed E-state index contributed by atoms with van der Waals surface area (Å²) in [5.74, 6) is 0. The summed E-state index contributed by atoms with van der Waals surface area (Å²) >= 11 is 3.53. The maximum Gasteiger partial charge on any atom is 0.0743 e. The summed E-state index contributed by atoms with van der Waals surface area (Å²) in [5.41, 5.74) is 9.29. The molecule has 3 N–H and O–H groups in total. The average Bonchev–Trinajstić information content (AvgIpc) is 2.72. The molecule has 2 aromatic rings. The van der Waals surface area contributed by atoms with E-state index in [1.165, 1.54) is 19.3 Å². The molecule has 0 bridgehead atoms. The number of benzene rings is 1. The van der Waals surface area contributed by atoms with Crippen molar-refractivity contribution >= 4 is 38.2 Å². The number of nitrogens with one attached hydrogen (secondary N) is 1. The van der Waals surface area contributed by atoms with Gasteiger partial charge in [0.2, 0.25) is 0 Å². The molecule has 1 aromatic heterocycles. The van der Waals surface area contributed by atoms with E-state index in [9.17, 15) is 0 Å². The maximum absolute atomic E-state index is 6.14. The molecule has 0 aliphatic heterocycles. The lowest BCUT2D eigenvalue weighted by molar-refractivity contribution is 0.378. The van der Waals surface area contributed by atoms with Crippen LogP contribution >= 0.6 is 15.9 Å². The van der Waals surface area contributed by atoms with E-state index in [2.05, 4.69) is 46.1 Å². The number of anilines is 2. The van der Waals surface area contributed by atoms with Crippen molar-refractivity contribution in [3.63, 3.8) is 0 Å². The third kappa shape index (κ3) is 2.62. The van der Waals surface area contributed by atoms with Crippen LogP contribution in [-0.2, 0) is 0 Å². The van der Waals surface area contributed by atoms with Crippen LogP contribution in [0.1, 0.15) is 33.1 Å². The highest BCUT2D eigenvalue weighted by molar-refractivity contribution is 9.10. The van der Waals surface area contributed by atoms with Gasteiger partial charge in [-0.05, 0) is 42.9 Å². The van der Waals surface area contributed by atoms with Crippen molar-refractivity contribution in [2.75, 3.05) is 11.1 Å². The van der Waals surface area contributed by atoms with Crippen molar-refractivity contribution in [1.82, 2.24) is 4.98 Å². The summed E-state index contributed by atoms with van der Waals surface area (Å²) in [7, 11) is 0. The number of nitrogen functional groups attached to an aromatic ring is 1. The number of hydrogen-bond acceptors (Lipinski definition) is 3. The van der Waals surface area contributed by atoms with Gasteiger partial charge in [-0.2, -0.15) is 0 Å². The van der Waals surface area contributed by atoms with Crippen molar-refractivity contribution < 1.29 is 0 Å². The topological polar surface area (TPSA) is 50.9 Å². The van der Waals surface area contributed by atoms with Crippen LogP contribution in [0.3, 0.4) is 0 Å². The average molecular weight is 334 g/mol. The van der Waals surface area contributed by atoms with Crippen LogP contribution in [0.15, 0.2) is 28.9 Å². The quantitative estimate of drug-likeness (QED) is 0.846. The number of nitrogens with zero attached hydrogens (tertiary/aromatic N) is 1. The monoisotopic (exact) mass is 333 g/mol. The fourth-order valence-corrected chi connectivity index (χ4v) is 3.47. The highest BCUT2D eigenvalue weighted by Gasteiger charge is 2.31. The number of pyridine rings is 1. The number of aromatic nitrogens is 1. The number of fused-ring (bicyclic) bond motifs is 1. The van der Waals surface area contributed by atoms with E-state index in [0.717, 1.165) is 26.8 Å². The summed E-state index contributed by atoms with van der Waals surface area (Å²) in [4.78, 5) is 4.40. The lowest BCUT2D eigenvalue weighted by atomic mass is 9.92. The van der Waals surface area contributed by atoms with E-state index < -0.39 is 0 Å².